The molecule has 0 saturated heterocycles. The van der Waals surface area contributed by atoms with Crippen LogP contribution in [0, 0.1) is 0 Å². The summed E-state index contributed by atoms with van der Waals surface area (Å²) in [5, 5.41) is 5.97. The molecule has 2 aromatic carbocycles. The second kappa shape index (κ2) is 11.2. The maximum absolute atomic E-state index is 12.7. The van der Waals surface area contributed by atoms with E-state index in [1.165, 1.54) is 12.3 Å². The van der Waals surface area contributed by atoms with E-state index >= 15 is 0 Å². The van der Waals surface area contributed by atoms with Crippen LogP contribution >= 0.6 is 11.6 Å². The molecule has 0 radical (unpaired) electrons. The van der Waals surface area contributed by atoms with E-state index < -0.39 is 30.4 Å². The molecule has 2 N–H and O–H groups in total. The highest BCUT2D eigenvalue weighted by Gasteiger charge is 2.25. The highest BCUT2D eigenvalue weighted by atomic mass is 35.5. The monoisotopic (exact) mass is 454 g/mol. The molecular formula is C24H23ClN2O5. The first-order chi connectivity index (χ1) is 15.4. The van der Waals surface area contributed by atoms with E-state index in [9.17, 15) is 14.4 Å². The van der Waals surface area contributed by atoms with Gasteiger partial charge in [0.15, 0.2) is 12.4 Å². The lowest BCUT2D eigenvalue weighted by Crippen LogP contribution is -2.44. The van der Waals surface area contributed by atoms with Gasteiger partial charge in [-0.2, -0.15) is 0 Å². The smallest absolute Gasteiger partial charge is 0.329 e. The number of esters is 1. The Labute approximate surface area is 190 Å². The number of carbonyl (C=O) groups excluding carboxylic acids is 3. The third-order valence-corrected chi connectivity index (χ3v) is 4.96. The highest BCUT2D eigenvalue weighted by molar-refractivity contribution is 6.30. The largest absolute Gasteiger partial charge is 0.459 e. The van der Waals surface area contributed by atoms with Crippen LogP contribution in [-0.2, 0) is 20.7 Å². The molecule has 0 bridgehead atoms. The van der Waals surface area contributed by atoms with Crippen LogP contribution in [0.5, 0.6) is 0 Å². The number of carbonyl (C=O) groups is 3. The zero-order valence-corrected chi connectivity index (χ0v) is 18.2. The Morgan fingerprint density at radius 1 is 0.969 bits per heavy atom. The van der Waals surface area contributed by atoms with Crippen molar-refractivity contribution in [2.24, 2.45) is 0 Å². The molecule has 0 aliphatic heterocycles. The van der Waals surface area contributed by atoms with Gasteiger partial charge in [-0.15, -0.1) is 0 Å². The highest BCUT2D eigenvalue weighted by Crippen LogP contribution is 2.16. The molecule has 1 unspecified atom stereocenters. The van der Waals surface area contributed by atoms with Gasteiger partial charge < -0.3 is 19.8 Å². The van der Waals surface area contributed by atoms with Gasteiger partial charge in [-0.3, -0.25) is 9.59 Å². The molecule has 2 amide bonds. The van der Waals surface area contributed by atoms with E-state index in [2.05, 4.69) is 10.6 Å². The van der Waals surface area contributed by atoms with Crippen LogP contribution < -0.4 is 10.6 Å². The van der Waals surface area contributed by atoms with Crippen molar-refractivity contribution in [1.82, 2.24) is 10.6 Å². The van der Waals surface area contributed by atoms with E-state index in [0.29, 0.717) is 5.02 Å². The minimum atomic E-state index is -0.989. The quantitative estimate of drug-likeness (QED) is 0.480. The molecular weight excluding hydrogens is 432 g/mol. The lowest BCUT2D eigenvalue weighted by atomic mass is 10.1. The van der Waals surface area contributed by atoms with Gasteiger partial charge in [0.05, 0.1) is 12.3 Å². The van der Waals surface area contributed by atoms with Crippen LogP contribution in [0.4, 0.5) is 0 Å². The Morgan fingerprint density at radius 3 is 2.34 bits per heavy atom. The summed E-state index contributed by atoms with van der Waals surface area (Å²) in [4.78, 5) is 37.3. The van der Waals surface area contributed by atoms with Gasteiger partial charge in [0, 0.05) is 11.4 Å². The second-order valence-electron chi connectivity index (χ2n) is 7.14. The zero-order chi connectivity index (χ0) is 22.9. The summed E-state index contributed by atoms with van der Waals surface area (Å²) < 4.78 is 10.3. The van der Waals surface area contributed by atoms with Crippen molar-refractivity contribution in [3.8, 4) is 0 Å². The van der Waals surface area contributed by atoms with Gasteiger partial charge in [0.25, 0.3) is 11.8 Å². The minimum Gasteiger partial charge on any atom is -0.459 e. The number of benzene rings is 2. The van der Waals surface area contributed by atoms with Gasteiger partial charge in [-0.1, -0.05) is 54.1 Å². The SMILES string of the molecule is CC(NC(=O)COC(=O)[C@H](Cc1ccccc1)NC(=O)c1ccco1)c1ccc(Cl)cc1. The summed E-state index contributed by atoms with van der Waals surface area (Å²) >= 11 is 5.88. The Morgan fingerprint density at radius 2 is 1.69 bits per heavy atom. The van der Waals surface area contributed by atoms with E-state index in [1.54, 1.807) is 30.3 Å². The molecule has 0 saturated carbocycles. The summed E-state index contributed by atoms with van der Waals surface area (Å²) in [6, 6.07) is 18.0. The van der Waals surface area contributed by atoms with Crippen molar-refractivity contribution >= 4 is 29.4 Å². The van der Waals surface area contributed by atoms with Gasteiger partial charge in [0.2, 0.25) is 0 Å². The first kappa shape index (κ1) is 23.1. The molecule has 8 heteroatoms. The normalized spacial score (nSPS) is 12.4. The molecule has 0 aliphatic carbocycles. The molecule has 0 aliphatic rings. The fourth-order valence-electron chi connectivity index (χ4n) is 3.04. The van der Waals surface area contributed by atoms with Crippen LogP contribution in [-0.4, -0.2) is 30.4 Å². The topological polar surface area (TPSA) is 97.6 Å². The van der Waals surface area contributed by atoms with Crippen molar-refractivity contribution in [2.75, 3.05) is 6.61 Å². The lowest BCUT2D eigenvalue weighted by Gasteiger charge is -2.18. The predicted octanol–water partition coefficient (Wildman–Crippen LogP) is 3.69. The molecule has 0 spiro atoms. The first-order valence-corrected chi connectivity index (χ1v) is 10.4. The molecule has 1 aromatic heterocycles. The van der Waals surface area contributed by atoms with E-state index in [1.807, 2.05) is 37.3 Å². The number of ether oxygens (including phenoxy) is 1. The standard InChI is InChI=1S/C24H23ClN2O5/c1-16(18-9-11-19(25)12-10-18)26-22(28)15-32-24(30)20(14-17-6-3-2-4-7-17)27-23(29)21-8-5-13-31-21/h2-13,16,20H,14-15H2,1H3,(H,26,28)(H,27,29)/t16?,20-/m0/s1. The molecule has 7 nitrogen and oxygen atoms in total. The number of hydrogen-bond donors (Lipinski definition) is 2. The van der Waals surface area contributed by atoms with Crippen LogP contribution in [0.1, 0.15) is 34.6 Å². The number of hydrogen-bond acceptors (Lipinski definition) is 5. The van der Waals surface area contributed by atoms with Gasteiger partial charge in [0.1, 0.15) is 6.04 Å². The number of amides is 2. The van der Waals surface area contributed by atoms with E-state index in [-0.39, 0.29) is 18.2 Å². The zero-order valence-electron chi connectivity index (χ0n) is 17.4. The maximum Gasteiger partial charge on any atom is 0.329 e. The number of nitrogens with one attached hydrogen (secondary N) is 2. The summed E-state index contributed by atoms with van der Waals surface area (Å²) in [6.45, 7) is 1.34. The Bertz CT molecular complexity index is 1040. The van der Waals surface area contributed by atoms with Crippen molar-refractivity contribution in [1.29, 1.82) is 0 Å². The number of halogens is 1. The first-order valence-electron chi connectivity index (χ1n) is 10.0. The van der Waals surface area contributed by atoms with Gasteiger partial charge in [-0.05, 0) is 42.3 Å². The third kappa shape index (κ3) is 6.72. The average Bonchev–Trinajstić information content (AvgIpc) is 3.33. The summed E-state index contributed by atoms with van der Waals surface area (Å²) in [5.74, 6) is -1.65. The molecule has 1 heterocycles. The third-order valence-electron chi connectivity index (χ3n) is 4.71. The average molecular weight is 455 g/mol. The Balaban J connectivity index is 1.58. The predicted molar refractivity (Wildman–Crippen MR) is 119 cm³/mol. The molecule has 3 rings (SSSR count). The van der Waals surface area contributed by atoms with Crippen molar-refractivity contribution in [3.63, 3.8) is 0 Å². The van der Waals surface area contributed by atoms with Crippen molar-refractivity contribution in [2.45, 2.75) is 25.4 Å². The molecule has 2 atom stereocenters. The Hall–Kier alpha value is -3.58. The van der Waals surface area contributed by atoms with E-state index in [0.717, 1.165) is 11.1 Å². The summed E-state index contributed by atoms with van der Waals surface area (Å²) in [5.41, 5.74) is 1.69. The fraction of sp³-hybridized carbons (Fsp3) is 0.208. The van der Waals surface area contributed by atoms with Gasteiger partial charge in [-0.25, -0.2) is 4.79 Å². The minimum absolute atomic E-state index is 0.0744. The maximum atomic E-state index is 12.7. The molecule has 3 aromatic rings. The lowest BCUT2D eigenvalue weighted by molar-refractivity contribution is -0.150. The molecule has 32 heavy (non-hydrogen) atoms. The van der Waals surface area contributed by atoms with Crippen LogP contribution in [0.3, 0.4) is 0 Å². The summed E-state index contributed by atoms with van der Waals surface area (Å²) in [7, 11) is 0. The van der Waals surface area contributed by atoms with Crippen LogP contribution in [0.15, 0.2) is 77.4 Å². The molecule has 0 fully saturated rings. The Kier molecular flexibility index (Phi) is 8.05. The van der Waals surface area contributed by atoms with Gasteiger partial charge >= 0.3 is 5.97 Å². The van der Waals surface area contributed by atoms with Crippen molar-refractivity contribution < 1.29 is 23.5 Å². The van der Waals surface area contributed by atoms with E-state index in [4.69, 9.17) is 20.8 Å². The fourth-order valence-corrected chi connectivity index (χ4v) is 3.16. The van der Waals surface area contributed by atoms with Crippen LogP contribution in [0.2, 0.25) is 5.02 Å². The van der Waals surface area contributed by atoms with Crippen LogP contribution in [0.25, 0.3) is 0 Å². The summed E-state index contributed by atoms with van der Waals surface area (Å²) in [6.07, 6.45) is 1.57. The number of furan rings is 1. The number of rotatable bonds is 9. The second-order valence-corrected chi connectivity index (χ2v) is 7.58. The molecule has 166 valence electrons. The van der Waals surface area contributed by atoms with Crippen molar-refractivity contribution in [3.05, 3.63) is 94.9 Å².